The minimum atomic E-state index is -0.834. The summed E-state index contributed by atoms with van der Waals surface area (Å²) in [4.78, 5) is 35.0. The number of carbonyl (C=O) groups excluding carboxylic acids is 3. The Morgan fingerprint density at radius 2 is 1.72 bits per heavy atom. The lowest BCUT2D eigenvalue weighted by Gasteiger charge is -2.08. The first-order chi connectivity index (χ1) is 12.0. The zero-order chi connectivity index (χ0) is 18.2. The Morgan fingerprint density at radius 3 is 2.44 bits per heavy atom. The number of esters is 1. The van der Waals surface area contributed by atoms with Gasteiger partial charge in [0, 0.05) is 0 Å². The molecule has 0 aliphatic heterocycles. The third kappa shape index (κ3) is 5.58. The summed E-state index contributed by atoms with van der Waals surface area (Å²) in [6, 6.07) is 11.9. The van der Waals surface area contributed by atoms with Gasteiger partial charge in [-0.3, -0.25) is 14.4 Å². The number of anilines is 1. The minimum absolute atomic E-state index is 0.188. The van der Waals surface area contributed by atoms with Crippen molar-refractivity contribution in [2.45, 2.75) is 0 Å². The topological polar surface area (TPSA) is 84.5 Å². The van der Waals surface area contributed by atoms with Gasteiger partial charge in [-0.2, -0.15) is 0 Å². The van der Waals surface area contributed by atoms with Crippen molar-refractivity contribution in [3.63, 3.8) is 0 Å². The number of nitrogens with one attached hydrogen (secondary N) is 2. The molecule has 2 rings (SSSR count). The molecule has 2 N–H and O–H groups in total. The number of hydrogen-bond acceptors (Lipinski definition) is 4. The molecule has 25 heavy (non-hydrogen) atoms. The number of hydrogen-bond donors (Lipinski definition) is 2. The molecule has 2 amide bonds. The molecule has 0 radical (unpaired) electrons. The summed E-state index contributed by atoms with van der Waals surface area (Å²) in [6.45, 7) is -1.04. The van der Waals surface area contributed by atoms with Gasteiger partial charge in [0.1, 0.15) is 12.4 Å². The van der Waals surface area contributed by atoms with E-state index in [2.05, 4.69) is 10.6 Å². The van der Waals surface area contributed by atoms with Gasteiger partial charge in [0.05, 0.1) is 16.3 Å². The number of ether oxygens (including phenoxy) is 1. The molecule has 0 fully saturated rings. The number of rotatable bonds is 6. The summed E-state index contributed by atoms with van der Waals surface area (Å²) in [5, 5.41) is 5.04. The summed E-state index contributed by atoms with van der Waals surface area (Å²) in [6.07, 6.45) is 0. The van der Waals surface area contributed by atoms with E-state index in [1.54, 1.807) is 24.3 Å². The van der Waals surface area contributed by atoms with Gasteiger partial charge < -0.3 is 15.4 Å². The molecule has 0 aromatic heterocycles. The Hall–Kier alpha value is -2.93. The van der Waals surface area contributed by atoms with Crippen molar-refractivity contribution in [2.75, 3.05) is 18.5 Å². The van der Waals surface area contributed by atoms with Crippen molar-refractivity contribution < 1.29 is 23.5 Å². The summed E-state index contributed by atoms with van der Waals surface area (Å²) in [7, 11) is 0. The average Bonchev–Trinajstić information content (AvgIpc) is 2.60. The predicted octanol–water partition coefficient (Wildman–Crippen LogP) is 2.39. The smallest absolute Gasteiger partial charge is 0.325 e. The Morgan fingerprint density at radius 1 is 1.04 bits per heavy atom. The van der Waals surface area contributed by atoms with Gasteiger partial charge in [0.15, 0.2) is 6.61 Å². The van der Waals surface area contributed by atoms with E-state index in [1.165, 1.54) is 18.2 Å². The highest BCUT2D eigenvalue weighted by molar-refractivity contribution is 6.33. The molecule has 6 nitrogen and oxygen atoms in total. The SMILES string of the molecule is O=C(COC(=O)CNC(=O)c1ccccc1F)Nc1ccccc1Cl. The minimum Gasteiger partial charge on any atom is -0.454 e. The Kier molecular flexibility index (Phi) is 6.47. The van der Waals surface area contributed by atoms with Crippen LogP contribution in [0.2, 0.25) is 5.02 Å². The average molecular weight is 365 g/mol. The Balaban J connectivity index is 1.75. The van der Waals surface area contributed by atoms with Crippen molar-refractivity contribution in [3.8, 4) is 0 Å². The number of benzene rings is 2. The molecule has 0 aliphatic rings. The summed E-state index contributed by atoms with van der Waals surface area (Å²) in [5.74, 6) is -2.87. The maximum Gasteiger partial charge on any atom is 0.325 e. The molecule has 0 unspecified atom stereocenters. The standard InChI is InChI=1S/C17H14ClFN2O4/c18-12-6-2-4-8-14(12)21-15(22)10-25-16(23)9-20-17(24)11-5-1-3-7-13(11)19/h1-8H,9-10H2,(H,20,24)(H,21,22). The van der Waals surface area contributed by atoms with Crippen LogP contribution >= 0.6 is 11.6 Å². The maximum atomic E-state index is 13.4. The first-order valence-corrected chi connectivity index (χ1v) is 7.58. The molecule has 130 valence electrons. The number of carbonyl (C=O) groups is 3. The molecular weight excluding hydrogens is 351 g/mol. The van der Waals surface area contributed by atoms with Crippen molar-refractivity contribution in [3.05, 3.63) is 64.9 Å². The van der Waals surface area contributed by atoms with Crippen LogP contribution in [0.15, 0.2) is 48.5 Å². The van der Waals surface area contributed by atoms with E-state index < -0.39 is 36.8 Å². The van der Waals surface area contributed by atoms with Crippen molar-refractivity contribution in [1.82, 2.24) is 5.32 Å². The van der Waals surface area contributed by atoms with Crippen LogP contribution < -0.4 is 10.6 Å². The van der Waals surface area contributed by atoms with E-state index in [0.29, 0.717) is 10.7 Å². The molecular formula is C17H14ClFN2O4. The highest BCUT2D eigenvalue weighted by Gasteiger charge is 2.14. The van der Waals surface area contributed by atoms with Gasteiger partial charge in [0.2, 0.25) is 0 Å². The van der Waals surface area contributed by atoms with Crippen LogP contribution in [-0.4, -0.2) is 30.9 Å². The second-order valence-electron chi connectivity index (χ2n) is 4.85. The first kappa shape index (κ1) is 18.4. The lowest BCUT2D eigenvalue weighted by Crippen LogP contribution is -2.32. The lowest BCUT2D eigenvalue weighted by molar-refractivity contribution is -0.146. The summed E-state index contributed by atoms with van der Waals surface area (Å²) < 4.78 is 18.1. The van der Waals surface area contributed by atoms with Crippen LogP contribution in [0.1, 0.15) is 10.4 Å². The summed E-state index contributed by atoms with van der Waals surface area (Å²) >= 11 is 5.89. The van der Waals surface area contributed by atoms with E-state index in [1.807, 2.05) is 0 Å². The highest BCUT2D eigenvalue weighted by Crippen LogP contribution is 2.20. The second kappa shape index (κ2) is 8.79. The molecule has 0 spiro atoms. The summed E-state index contributed by atoms with van der Waals surface area (Å²) in [5.41, 5.74) is 0.199. The predicted molar refractivity (Wildman–Crippen MR) is 89.8 cm³/mol. The quantitative estimate of drug-likeness (QED) is 0.771. The third-order valence-corrected chi connectivity index (χ3v) is 3.35. The van der Waals surface area contributed by atoms with Crippen molar-refractivity contribution in [1.29, 1.82) is 0 Å². The van der Waals surface area contributed by atoms with Gasteiger partial charge in [0.25, 0.3) is 11.8 Å². The van der Waals surface area contributed by atoms with Crippen LogP contribution in [0.3, 0.4) is 0 Å². The molecule has 2 aromatic rings. The van der Waals surface area contributed by atoms with Crippen molar-refractivity contribution in [2.24, 2.45) is 0 Å². The molecule has 0 aliphatic carbocycles. The lowest BCUT2D eigenvalue weighted by atomic mass is 10.2. The normalized spacial score (nSPS) is 10.0. The molecule has 8 heteroatoms. The fourth-order valence-corrected chi connectivity index (χ4v) is 2.02. The van der Waals surface area contributed by atoms with Crippen molar-refractivity contribution >= 4 is 35.1 Å². The zero-order valence-electron chi connectivity index (χ0n) is 12.9. The van der Waals surface area contributed by atoms with E-state index >= 15 is 0 Å². The highest BCUT2D eigenvalue weighted by atomic mass is 35.5. The second-order valence-corrected chi connectivity index (χ2v) is 5.26. The van der Waals surface area contributed by atoms with E-state index in [4.69, 9.17) is 16.3 Å². The Labute approximate surface area is 147 Å². The van der Waals surface area contributed by atoms with E-state index in [0.717, 1.165) is 6.07 Å². The molecule has 0 atom stereocenters. The van der Waals surface area contributed by atoms with Gasteiger partial charge in [-0.15, -0.1) is 0 Å². The number of halogens is 2. The van der Waals surface area contributed by atoms with Gasteiger partial charge >= 0.3 is 5.97 Å². The van der Waals surface area contributed by atoms with Crippen LogP contribution in [0.5, 0.6) is 0 Å². The fourth-order valence-electron chi connectivity index (χ4n) is 1.84. The largest absolute Gasteiger partial charge is 0.454 e. The van der Waals surface area contributed by atoms with Gasteiger partial charge in [-0.1, -0.05) is 35.9 Å². The molecule has 2 aromatic carbocycles. The molecule has 0 heterocycles. The van der Waals surface area contributed by atoms with Crippen LogP contribution in [-0.2, 0) is 14.3 Å². The van der Waals surface area contributed by atoms with Crippen LogP contribution in [0.4, 0.5) is 10.1 Å². The first-order valence-electron chi connectivity index (χ1n) is 7.20. The van der Waals surface area contributed by atoms with Crippen LogP contribution in [0, 0.1) is 5.82 Å². The van der Waals surface area contributed by atoms with E-state index in [-0.39, 0.29) is 5.56 Å². The monoisotopic (exact) mass is 364 g/mol. The number of para-hydroxylation sites is 1. The van der Waals surface area contributed by atoms with Crippen LogP contribution in [0.25, 0.3) is 0 Å². The van der Waals surface area contributed by atoms with Gasteiger partial charge in [-0.25, -0.2) is 4.39 Å². The third-order valence-electron chi connectivity index (χ3n) is 3.02. The fraction of sp³-hybridized carbons (Fsp3) is 0.118. The molecule has 0 saturated heterocycles. The molecule has 0 saturated carbocycles. The Bertz CT molecular complexity index is 798. The maximum absolute atomic E-state index is 13.4. The van der Waals surface area contributed by atoms with Gasteiger partial charge in [-0.05, 0) is 24.3 Å². The number of amides is 2. The van der Waals surface area contributed by atoms with E-state index in [9.17, 15) is 18.8 Å². The molecule has 0 bridgehead atoms. The zero-order valence-corrected chi connectivity index (χ0v) is 13.7.